The molecular formula is C18H21N3O2. The number of amides is 2. The van der Waals surface area contributed by atoms with Gasteiger partial charge in [0.25, 0.3) is 0 Å². The molecule has 0 fully saturated rings. The summed E-state index contributed by atoms with van der Waals surface area (Å²) in [4.78, 5) is 28.6. The van der Waals surface area contributed by atoms with E-state index in [-0.39, 0.29) is 11.8 Å². The highest BCUT2D eigenvalue weighted by molar-refractivity contribution is 6.04. The Balaban J connectivity index is 1.88. The summed E-state index contributed by atoms with van der Waals surface area (Å²) < 4.78 is 0. The van der Waals surface area contributed by atoms with Crippen molar-refractivity contribution in [1.82, 2.24) is 15.6 Å². The van der Waals surface area contributed by atoms with E-state index in [9.17, 15) is 9.59 Å². The second kappa shape index (κ2) is 7.54. The lowest BCUT2D eigenvalue weighted by molar-refractivity contribution is -0.141. The minimum Gasteiger partial charge on any atom is -0.351 e. The number of rotatable bonds is 6. The van der Waals surface area contributed by atoms with Crippen molar-refractivity contribution in [3.05, 3.63) is 66.0 Å². The zero-order valence-corrected chi connectivity index (χ0v) is 13.4. The van der Waals surface area contributed by atoms with Gasteiger partial charge in [0.05, 0.1) is 0 Å². The largest absolute Gasteiger partial charge is 0.351 e. The van der Waals surface area contributed by atoms with Crippen molar-refractivity contribution >= 4 is 11.8 Å². The molecule has 2 amide bonds. The van der Waals surface area contributed by atoms with Crippen molar-refractivity contribution in [3.63, 3.8) is 0 Å². The van der Waals surface area contributed by atoms with Crippen molar-refractivity contribution < 1.29 is 9.59 Å². The molecule has 0 unspecified atom stereocenters. The number of aromatic nitrogens is 1. The summed E-state index contributed by atoms with van der Waals surface area (Å²) in [6.45, 7) is 3.98. The Kier molecular flexibility index (Phi) is 5.46. The van der Waals surface area contributed by atoms with E-state index in [1.54, 1.807) is 32.3 Å². The molecule has 0 bridgehead atoms. The van der Waals surface area contributed by atoms with Gasteiger partial charge in [0, 0.05) is 25.5 Å². The first kappa shape index (κ1) is 16.7. The van der Waals surface area contributed by atoms with Crippen LogP contribution in [-0.4, -0.2) is 16.8 Å². The lowest BCUT2D eigenvalue weighted by Gasteiger charge is -2.22. The van der Waals surface area contributed by atoms with Gasteiger partial charge in [0.2, 0.25) is 11.8 Å². The highest BCUT2D eigenvalue weighted by Crippen LogP contribution is 2.16. The number of carbonyl (C=O) groups is 2. The van der Waals surface area contributed by atoms with Gasteiger partial charge in [-0.05, 0) is 31.0 Å². The number of pyridine rings is 1. The summed E-state index contributed by atoms with van der Waals surface area (Å²) in [6.07, 6.45) is 3.36. The molecule has 0 aliphatic carbocycles. The molecule has 0 aliphatic rings. The number of nitrogens with one attached hydrogen (secondary N) is 2. The summed E-state index contributed by atoms with van der Waals surface area (Å²) >= 11 is 0. The van der Waals surface area contributed by atoms with Gasteiger partial charge in [0.1, 0.15) is 5.41 Å². The molecule has 0 atom stereocenters. The molecule has 5 nitrogen and oxygen atoms in total. The maximum absolute atomic E-state index is 12.3. The van der Waals surface area contributed by atoms with Gasteiger partial charge in [-0.2, -0.15) is 0 Å². The highest BCUT2D eigenvalue weighted by Gasteiger charge is 2.35. The zero-order chi connectivity index (χ0) is 16.7. The predicted octanol–water partition coefficient (Wildman–Crippen LogP) is 2.04. The fourth-order valence-corrected chi connectivity index (χ4v) is 2.01. The van der Waals surface area contributed by atoms with E-state index in [0.717, 1.165) is 11.1 Å². The summed E-state index contributed by atoms with van der Waals surface area (Å²) in [5.74, 6) is -0.614. The van der Waals surface area contributed by atoms with Crippen molar-refractivity contribution in [2.45, 2.75) is 26.9 Å². The van der Waals surface area contributed by atoms with Gasteiger partial charge in [0.15, 0.2) is 0 Å². The average molecular weight is 311 g/mol. The van der Waals surface area contributed by atoms with Gasteiger partial charge in [-0.1, -0.05) is 36.4 Å². The first-order valence-corrected chi connectivity index (χ1v) is 7.49. The van der Waals surface area contributed by atoms with Gasteiger partial charge < -0.3 is 10.6 Å². The molecule has 0 aliphatic heterocycles. The van der Waals surface area contributed by atoms with Crippen LogP contribution in [0, 0.1) is 5.41 Å². The molecule has 2 N–H and O–H groups in total. The molecule has 1 aromatic carbocycles. The van der Waals surface area contributed by atoms with E-state index in [1.807, 2.05) is 36.4 Å². The molecule has 23 heavy (non-hydrogen) atoms. The summed E-state index contributed by atoms with van der Waals surface area (Å²) in [6, 6.07) is 13.3. The number of benzene rings is 1. The van der Waals surface area contributed by atoms with Crippen molar-refractivity contribution in [2.75, 3.05) is 0 Å². The van der Waals surface area contributed by atoms with Crippen LogP contribution in [0.2, 0.25) is 0 Å². The van der Waals surface area contributed by atoms with E-state index in [4.69, 9.17) is 0 Å². The van der Waals surface area contributed by atoms with Crippen LogP contribution in [0.5, 0.6) is 0 Å². The number of carbonyl (C=O) groups excluding carboxylic acids is 2. The molecule has 1 heterocycles. The molecule has 0 saturated heterocycles. The smallest absolute Gasteiger partial charge is 0.235 e. The first-order valence-electron chi connectivity index (χ1n) is 7.49. The Hall–Kier alpha value is -2.69. The number of hydrogen-bond donors (Lipinski definition) is 2. The quantitative estimate of drug-likeness (QED) is 0.802. The van der Waals surface area contributed by atoms with Crippen LogP contribution in [-0.2, 0) is 22.7 Å². The van der Waals surface area contributed by atoms with Crippen LogP contribution in [0.1, 0.15) is 25.0 Å². The Bertz CT molecular complexity index is 597. The molecule has 2 aromatic rings. The van der Waals surface area contributed by atoms with Crippen LogP contribution in [0.25, 0.3) is 0 Å². The normalized spacial score (nSPS) is 10.9. The zero-order valence-electron chi connectivity index (χ0n) is 13.4. The third kappa shape index (κ3) is 4.64. The average Bonchev–Trinajstić information content (AvgIpc) is 2.59. The Morgan fingerprint density at radius 2 is 1.48 bits per heavy atom. The Morgan fingerprint density at radius 3 is 2.04 bits per heavy atom. The standard InChI is InChI=1S/C18H21N3O2/c1-18(2,16(22)20-12-14-7-4-3-5-8-14)17(23)21-13-15-9-6-10-19-11-15/h3-11H,12-13H2,1-2H3,(H,20,22)(H,21,23). The minimum absolute atomic E-state index is 0.301. The maximum atomic E-state index is 12.3. The summed E-state index contributed by atoms with van der Waals surface area (Å²) in [5, 5.41) is 5.58. The molecule has 0 radical (unpaired) electrons. The SMILES string of the molecule is CC(C)(C(=O)NCc1ccccc1)C(=O)NCc1cccnc1. The molecule has 2 rings (SSSR count). The fourth-order valence-electron chi connectivity index (χ4n) is 2.01. The number of hydrogen-bond acceptors (Lipinski definition) is 3. The molecule has 0 spiro atoms. The van der Waals surface area contributed by atoms with Crippen molar-refractivity contribution in [1.29, 1.82) is 0 Å². The van der Waals surface area contributed by atoms with E-state index in [2.05, 4.69) is 15.6 Å². The van der Waals surface area contributed by atoms with Gasteiger partial charge in [-0.15, -0.1) is 0 Å². The van der Waals surface area contributed by atoms with E-state index >= 15 is 0 Å². The first-order chi connectivity index (χ1) is 11.0. The third-order valence-corrected chi connectivity index (χ3v) is 3.61. The van der Waals surface area contributed by atoms with Crippen molar-refractivity contribution in [3.8, 4) is 0 Å². The van der Waals surface area contributed by atoms with Crippen LogP contribution < -0.4 is 10.6 Å². The van der Waals surface area contributed by atoms with E-state index in [0.29, 0.717) is 13.1 Å². The molecule has 0 saturated carbocycles. The van der Waals surface area contributed by atoms with Crippen molar-refractivity contribution in [2.24, 2.45) is 5.41 Å². The monoisotopic (exact) mass is 311 g/mol. The molecule has 120 valence electrons. The predicted molar refractivity (Wildman–Crippen MR) is 88.2 cm³/mol. The summed E-state index contributed by atoms with van der Waals surface area (Å²) in [5.41, 5.74) is 0.741. The van der Waals surface area contributed by atoms with Crippen LogP contribution in [0.4, 0.5) is 0 Å². The van der Waals surface area contributed by atoms with Crippen LogP contribution >= 0.6 is 0 Å². The number of nitrogens with zero attached hydrogens (tertiary/aromatic N) is 1. The second-order valence-corrected chi connectivity index (χ2v) is 5.84. The highest BCUT2D eigenvalue weighted by atomic mass is 16.2. The third-order valence-electron chi connectivity index (χ3n) is 3.61. The molecule has 5 heteroatoms. The fraction of sp³-hybridized carbons (Fsp3) is 0.278. The van der Waals surface area contributed by atoms with E-state index < -0.39 is 5.41 Å². The lowest BCUT2D eigenvalue weighted by atomic mass is 9.91. The lowest BCUT2D eigenvalue weighted by Crippen LogP contribution is -2.47. The van der Waals surface area contributed by atoms with Gasteiger partial charge in [-0.3, -0.25) is 14.6 Å². The van der Waals surface area contributed by atoms with Crippen LogP contribution in [0.3, 0.4) is 0 Å². The Labute approximate surface area is 136 Å². The minimum atomic E-state index is -1.14. The summed E-state index contributed by atoms with van der Waals surface area (Å²) in [7, 11) is 0. The Morgan fingerprint density at radius 1 is 0.913 bits per heavy atom. The maximum Gasteiger partial charge on any atom is 0.235 e. The van der Waals surface area contributed by atoms with E-state index in [1.165, 1.54) is 0 Å². The second-order valence-electron chi connectivity index (χ2n) is 5.84. The molecule has 1 aromatic heterocycles. The molecular weight excluding hydrogens is 290 g/mol. The van der Waals surface area contributed by atoms with Gasteiger partial charge >= 0.3 is 0 Å². The van der Waals surface area contributed by atoms with Crippen LogP contribution in [0.15, 0.2) is 54.9 Å². The van der Waals surface area contributed by atoms with Gasteiger partial charge in [-0.25, -0.2) is 0 Å². The topological polar surface area (TPSA) is 71.1 Å².